The maximum atomic E-state index is 5.90. The van der Waals surface area contributed by atoms with Crippen LogP contribution in [0.5, 0.6) is 5.88 Å². The van der Waals surface area contributed by atoms with Crippen LogP contribution in [0.2, 0.25) is 0 Å². The molecular formula is C12H22N4O. The van der Waals surface area contributed by atoms with Crippen LogP contribution in [0.15, 0.2) is 6.33 Å². The predicted molar refractivity (Wildman–Crippen MR) is 70.2 cm³/mol. The molecule has 0 unspecified atom stereocenters. The lowest BCUT2D eigenvalue weighted by atomic mass is 10.1. The Labute approximate surface area is 103 Å². The van der Waals surface area contributed by atoms with Crippen molar-refractivity contribution in [3.8, 4) is 5.88 Å². The van der Waals surface area contributed by atoms with Crippen molar-refractivity contribution in [2.45, 2.75) is 33.6 Å². The van der Waals surface area contributed by atoms with Crippen molar-refractivity contribution in [2.75, 3.05) is 24.2 Å². The first-order valence-electron chi connectivity index (χ1n) is 6.12. The molecule has 0 bridgehead atoms. The second kappa shape index (κ2) is 6.93. The molecule has 17 heavy (non-hydrogen) atoms. The van der Waals surface area contributed by atoms with E-state index in [9.17, 15) is 0 Å². The Morgan fingerprint density at radius 3 is 2.82 bits per heavy atom. The zero-order chi connectivity index (χ0) is 12.7. The average molecular weight is 238 g/mol. The molecule has 0 aliphatic rings. The maximum absolute atomic E-state index is 5.90. The molecule has 3 N–H and O–H groups in total. The highest BCUT2D eigenvalue weighted by Crippen LogP contribution is 2.24. The van der Waals surface area contributed by atoms with Crippen LogP contribution in [0.4, 0.5) is 11.5 Å². The van der Waals surface area contributed by atoms with Gasteiger partial charge in [-0.05, 0) is 25.7 Å². The lowest BCUT2D eigenvalue weighted by Crippen LogP contribution is -2.09. The smallest absolute Gasteiger partial charge is 0.242 e. The third-order valence-corrected chi connectivity index (χ3v) is 2.38. The summed E-state index contributed by atoms with van der Waals surface area (Å²) in [7, 11) is 0. The number of nitrogens with one attached hydrogen (secondary N) is 1. The molecular weight excluding hydrogens is 216 g/mol. The van der Waals surface area contributed by atoms with Crippen molar-refractivity contribution >= 4 is 11.5 Å². The number of hydrogen-bond donors (Lipinski definition) is 2. The Morgan fingerprint density at radius 2 is 2.18 bits per heavy atom. The van der Waals surface area contributed by atoms with Crippen molar-refractivity contribution in [1.29, 1.82) is 0 Å². The van der Waals surface area contributed by atoms with E-state index in [1.54, 1.807) is 0 Å². The molecule has 1 aromatic heterocycles. The van der Waals surface area contributed by atoms with Gasteiger partial charge in [0.25, 0.3) is 0 Å². The summed E-state index contributed by atoms with van der Waals surface area (Å²) in [6, 6.07) is 0. The van der Waals surface area contributed by atoms with Gasteiger partial charge in [-0.2, -0.15) is 4.98 Å². The molecule has 0 spiro atoms. The van der Waals surface area contributed by atoms with E-state index in [-0.39, 0.29) is 0 Å². The summed E-state index contributed by atoms with van der Waals surface area (Å²) < 4.78 is 5.31. The molecule has 0 atom stereocenters. The van der Waals surface area contributed by atoms with E-state index in [0.29, 0.717) is 24.0 Å². The number of ether oxygens (including phenoxy) is 1. The molecule has 0 aliphatic heterocycles. The second-order valence-electron chi connectivity index (χ2n) is 4.34. The molecule has 1 rings (SSSR count). The lowest BCUT2D eigenvalue weighted by Gasteiger charge is -2.11. The SMILES string of the molecule is CCOc1ncnc(NCCCC(C)C)c1N. The van der Waals surface area contributed by atoms with E-state index in [0.717, 1.165) is 18.9 Å². The van der Waals surface area contributed by atoms with Crippen molar-refractivity contribution < 1.29 is 4.74 Å². The van der Waals surface area contributed by atoms with E-state index in [1.807, 2.05) is 6.92 Å². The van der Waals surface area contributed by atoms with Gasteiger partial charge in [-0.3, -0.25) is 0 Å². The van der Waals surface area contributed by atoms with Gasteiger partial charge in [-0.25, -0.2) is 4.98 Å². The van der Waals surface area contributed by atoms with Gasteiger partial charge in [0.05, 0.1) is 6.61 Å². The van der Waals surface area contributed by atoms with Crippen LogP contribution in [-0.2, 0) is 0 Å². The average Bonchev–Trinajstić information content (AvgIpc) is 2.29. The van der Waals surface area contributed by atoms with Gasteiger partial charge in [-0.15, -0.1) is 0 Å². The number of anilines is 2. The second-order valence-corrected chi connectivity index (χ2v) is 4.34. The van der Waals surface area contributed by atoms with Gasteiger partial charge in [0, 0.05) is 6.54 Å². The summed E-state index contributed by atoms with van der Waals surface area (Å²) in [6.45, 7) is 7.74. The Bertz CT molecular complexity index is 341. The molecule has 0 aromatic carbocycles. The number of aromatic nitrogens is 2. The number of nitrogens with zero attached hydrogens (tertiary/aromatic N) is 2. The molecule has 0 aliphatic carbocycles. The zero-order valence-corrected chi connectivity index (χ0v) is 10.9. The molecule has 0 radical (unpaired) electrons. The third-order valence-electron chi connectivity index (χ3n) is 2.38. The zero-order valence-electron chi connectivity index (χ0n) is 10.9. The largest absolute Gasteiger partial charge is 0.476 e. The Morgan fingerprint density at radius 1 is 1.41 bits per heavy atom. The molecule has 0 amide bonds. The highest BCUT2D eigenvalue weighted by Gasteiger charge is 2.07. The van der Waals surface area contributed by atoms with Gasteiger partial charge in [0.15, 0.2) is 5.82 Å². The number of nitrogen functional groups attached to an aromatic ring is 1. The lowest BCUT2D eigenvalue weighted by molar-refractivity contribution is 0.328. The molecule has 96 valence electrons. The van der Waals surface area contributed by atoms with Gasteiger partial charge in [0.2, 0.25) is 5.88 Å². The van der Waals surface area contributed by atoms with Crippen LogP contribution < -0.4 is 15.8 Å². The molecule has 5 heteroatoms. The number of rotatable bonds is 7. The van der Waals surface area contributed by atoms with Crippen LogP contribution in [0, 0.1) is 5.92 Å². The van der Waals surface area contributed by atoms with Gasteiger partial charge >= 0.3 is 0 Å². The van der Waals surface area contributed by atoms with Crippen LogP contribution in [-0.4, -0.2) is 23.1 Å². The van der Waals surface area contributed by atoms with Crippen LogP contribution in [0.1, 0.15) is 33.6 Å². The Kier molecular flexibility index (Phi) is 5.52. The first kappa shape index (κ1) is 13.5. The normalized spacial score (nSPS) is 10.6. The quantitative estimate of drug-likeness (QED) is 0.713. The standard InChI is InChI=1S/C12H22N4O/c1-4-17-12-10(13)11(15-8-16-12)14-7-5-6-9(2)3/h8-9H,4-7,13H2,1-3H3,(H,14,15,16). The third kappa shape index (κ3) is 4.46. The summed E-state index contributed by atoms with van der Waals surface area (Å²) in [4.78, 5) is 8.10. The number of hydrogen-bond acceptors (Lipinski definition) is 5. The highest BCUT2D eigenvalue weighted by molar-refractivity contribution is 5.66. The van der Waals surface area contributed by atoms with E-state index in [4.69, 9.17) is 10.5 Å². The minimum atomic E-state index is 0.453. The molecule has 0 saturated heterocycles. The summed E-state index contributed by atoms with van der Waals surface area (Å²) in [6.07, 6.45) is 3.76. The van der Waals surface area contributed by atoms with Crippen LogP contribution in [0.25, 0.3) is 0 Å². The minimum Gasteiger partial charge on any atom is -0.476 e. The first-order valence-corrected chi connectivity index (χ1v) is 6.12. The fourth-order valence-corrected chi connectivity index (χ4v) is 1.49. The van der Waals surface area contributed by atoms with Gasteiger partial charge in [-0.1, -0.05) is 13.8 Å². The van der Waals surface area contributed by atoms with Gasteiger partial charge in [0.1, 0.15) is 12.0 Å². The van der Waals surface area contributed by atoms with Crippen molar-refractivity contribution in [3.63, 3.8) is 0 Å². The van der Waals surface area contributed by atoms with Crippen LogP contribution >= 0.6 is 0 Å². The monoisotopic (exact) mass is 238 g/mol. The Balaban J connectivity index is 2.50. The fraction of sp³-hybridized carbons (Fsp3) is 0.667. The molecule has 5 nitrogen and oxygen atoms in total. The van der Waals surface area contributed by atoms with E-state index in [2.05, 4.69) is 29.1 Å². The molecule has 0 saturated carbocycles. The topological polar surface area (TPSA) is 73.1 Å². The first-order chi connectivity index (χ1) is 8.15. The summed E-state index contributed by atoms with van der Waals surface area (Å²) in [5.41, 5.74) is 6.38. The minimum absolute atomic E-state index is 0.453. The van der Waals surface area contributed by atoms with E-state index in [1.165, 1.54) is 12.7 Å². The Hall–Kier alpha value is -1.52. The number of nitrogens with two attached hydrogens (primary N) is 1. The molecule has 1 aromatic rings. The van der Waals surface area contributed by atoms with E-state index < -0.39 is 0 Å². The summed E-state index contributed by atoms with van der Waals surface area (Å²) in [5, 5.41) is 3.21. The summed E-state index contributed by atoms with van der Waals surface area (Å²) in [5.74, 6) is 1.83. The predicted octanol–water partition coefficient (Wildman–Crippen LogP) is 2.31. The fourth-order valence-electron chi connectivity index (χ4n) is 1.49. The summed E-state index contributed by atoms with van der Waals surface area (Å²) >= 11 is 0. The molecule has 0 fully saturated rings. The van der Waals surface area contributed by atoms with Crippen molar-refractivity contribution in [2.24, 2.45) is 5.92 Å². The van der Waals surface area contributed by atoms with Gasteiger partial charge < -0.3 is 15.8 Å². The van der Waals surface area contributed by atoms with E-state index >= 15 is 0 Å². The van der Waals surface area contributed by atoms with Crippen molar-refractivity contribution in [3.05, 3.63) is 6.33 Å². The highest BCUT2D eigenvalue weighted by atomic mass is 16.5. The molecule has 1 heterocycles. The maximum Gasteiger partial charge on any atom is 0.242 e. The van der Waals surface area contributed by atoms with Crippen LogP contribution in [0.3, 0.4) is 0 Å². The van der Waals surface area contributed by atoms with Crippen molar-refractivity contribution in [1.82, 2.24) is 9.97 Å².